The highest BCUT2D eigenvalue weighted by atomic mass is 79.9. The summed E-state index contributed by atoms with van der Waals surface area (Å²) in [6.45, 7) is 8.94. The van der Waals surface area contributed by atoms with Gasteiger partial charge in [0.15, 0.2) is 0 Å². The number of piperidine rings is 1. The standard InChI is InChI=1S/C23H29BrN2O3S/c1-15-13-17(3)22(14-16(15)2)18(4)25-23(27)19-9-11-26(12-10-19)30(28,29)21-7-5-20(24)6-8-21/h5-8,13-14,18-19H,9-12H2,1-4H3,(H,25,27)/t18-/m1/s1. The molecule has 1 aliphatic heterocycles. The fourth-order valence-corrected chi connectivity index (χ4v) is 5.71. The van der Waals surface area contributed by atoms with E-state index in [0.717, 1.165) is 10.0 Å². The third kappa shape index (κ3) is 4.95. The maximum absolute atomic E-state index is 12.8. The minimum absolute atomic E-state index is 0.000757. The summed E-state index contributed by atoms with van der Waals surface area (Å²) >= 11 is 3.33. The molecule has 1 fully saturated rings. The molecule has 0 bridgehead atoms. The molecule has 2 aromatic rings. The summed E-state index contributed by atoms with van der Waals surface area (Å²) in [5.74, 6) is -0.170. The number of carbonyl (C=O) groups is 1. The van der Waals surface area contributed by atoms with E-state index in [-0.39, 0.29) is 22.8 Å². The zero-order valence-corrected chi connectivity index (χ0v) is 20.3. The monoisotopic (exact) mass is 492 g/mol. The van der Waals surface area contributed by atoms with Gasteiger partial charge in [-0.1, -0.05) is 28.1 Å². The second-order valence-electron chi connectivity index (χ2n) is 8.16. The van der Waals surface area contributed by atoms with Crippen LogP contribution in [0.2, 0.25) is 0 Å². The lowest BCUT2D eigenvalue weighted by Gasteiger charge is -2.31. The number of hydrogen-bond acceptors (Lipinski definition) is 3. The molecule has 1 N–H and O–H groups in total. The van der Waals surface area contributed by atoms with Gasteiger partial charge in [0.1, 0.15) is 0 Å². The Kier molecular flexibility index (Phi) is 7.05. The van der Waals surface area contributed by atoms with Crippen LogP contribution >= 0.6 is 15.9 Å². The molecule has 1 aliphatic rings. The molecule has 0 spiro atoms. The lowest BCUT2D eigenvalue weighted by atomic mass is 9.94. The molecule has 0 aromatic heterocycles. The third-order valence-corrected chi connectivity index (χ3v) is 8.43. The molecule has 1 atom stereocenters. The van der Waals surface area contributed by atoms with Gasteiger partial charge in [-0.3, -0.25) is 4.79 Å². The van der Waals surface area contributed by atoms with Gasteiger partial charge < -0.3 is 5.32 Å². The van der Waals surface area contributed by atoms with E-state index < -0.39 is 10.0 Å². The minimum Gasteiger partial charge on any atom is -0.349 e. The lowest BCUT2D eigenvalue weighted by Crippen LogP contribution is -2.43. The van der Waals surface area contributed by atoms with Crippen molar-refractivity contribution in [2.75, 3.05) is 13.1 Å². The molecule has 0 aliphatic carbocycles. The molecule has 0 saturated carbocycles. The molecule has 1 heterocycles. The summed E-state index contributed by atoms with van der Waals surface area (Å²) in [6.07, 6.45) is 1.06. The fraction of sp³-hybridized carbons (Fsp3) is 0.435. The Bertz CT molecular complexity index is 1030. The van der Waals surface area contributed by atoms with Gasteiger partial charge in [0, 0.05) is 23.5 Å². The van der Waals surface area contributed by atoms with Gasteiger partial charge in [-0.15, -0.1) is 0 Å². The van der Waals surface area contributed by atoms with Crippen molar-refractivity contribution in [3.63, 3.8) is 0 Å². The smallest absolute Gasteiger partial charge is 0.243 e. The minimum atomic E-state index is -3.53. The van der Waals surface area contributed by atoms with Crippen molar-refractivity contribution in [2.45, 2.75) is 51.5 Å². The Hall–Kier alpha value is -1.70. The van der Waals surface area contributed by atoms with E-state index in [1.807, 2.05) is 6.92 Å². The summed E-state index contributed by atoms with van der Waals surface area (Å²) in [4.78, 5) is 13.1. The Morgan fingerprint density at radius 3 is 2.20 bits per heavy atom. The summed E-state index contributed by atoms with van der Waals surface area (Å²) in [5, 5.41) is 3.13. The van der Waals surface area contributed by atoms with Gasteiger partial charge in [0.05, 0.1) is 10.9 Å². The molecule has 1 saturated heterocycles. The van der Waals surface area contributed by atoms with Crippen LogP contribution in [-0.2, 0) is 14.8 Å². The second kappa shape index (κ2) is 9.20. The van der Waals surface area contributed by atoms with Crippen LogP contribution in [-0.4, -0.2) is 31.7 Å². The van der Waals surface area contributed by atoms with Crippen molar-refractivity contribution in [3.05, 3.63) is 63.1 Å². The first-order valence-electron chi connectivity index (χ1n) is 10.2. The number of sulfonamides is 1. The van der Waals surface area contributed by atoms with Crippen molar-refractivity contribution in [1.29, 1.82) is 0 Å². The number of hydrogen-bond donors (Lipinski definition) is 1. The molecule has 2 aromatic carbocycles. The Morgan fingerprint density at radius 2 is 1.60 bits per heavy atom. The van der Waals surface area contributed by atoms with Gasteiger partial charge in [-0.2, -0.15) is 4.31 Å². The lowest BCUT2D eigenvalue weighted by molar-refractivity contribution is -0.126. The van der Waals surface area contributed by atoms with E-state index in [1.54, 1.807) is 24.3 Å². The second-order valence-corrected chi connectivity index (χ2v) is 11.0. The molecule has 0 radical (unpaired) electrons. The number of rotatable bonds is 5. The van der Waals surface area contributed by atoms with E-state index in [4.69, 9.17) is 0 Å². The van der Waals surface area contributed by atoms with Crippen molar-refractivity contribution >= 4 is 31.9 Å². The largest absolute Gasteiger partial charge is 0.349 e. The predicted molar refractivity (Wildman–Crippen MR) is 123 cm³/mol. The molecule has 0 unspecified atom stereocenters. The average molecular weight is 493 g/mol. The van der Waals surface area contributed by atoms with Gasteiger partial charge >= 0.3 is 0 Å². The first-order chi connectivity index (χ1) is 14.1. The number of halogens is 1. The predicted octanol–water partition coefficient (Wildman–Crippen LogP) is 4.65. The van der Waals surface area contributed by atoms with Crippen LogP contribution in [0.25, 0.3) is 0 Å². The Labute approximate surface area is 188 Å². The summed E-state index contributed by atoms with van der Waals surface area (Å²) in [6, 6.07) is 10.9. The summed E-state index contributed by atoms with van der Waals surface area (Å²) < 4.78 is 28.0. The van der Waals surface area contributed by atoms with Crippen LogP contribution in [0.4, 0.5) is 0 Å². The number of aryl methyl sites for hydroxylation is 3. The van der Waals surface area contributed by atoms with Crippen molar-refractivity contribution in [1.82, 2.24) is 9.62 Å². The van der Waals surface area contributed by atoms with E-state index in [0.29, 0.717) is 25.9 Å². The number of carbonyl (C=O) groups excluding carboxylic acids is 1. The van der Waals surface area contributed by atoms with Crippen molar-refractivity contribution in [2.24, 2.45) is 5.92 Å². The van der Waals surface area contributed by atoms with Crippen LogP contribution < -0.4 is 5.32 Å². The first-order valence-corrected chi connectivity index (χ1v) is 12.5. The summed E-state index contributed by atoms with van der Waals surface area (Å²) in [7, 11) is -3.53. The molecule has 3 rings (SSSR count). The Morgan fingerprint density at radius 1 is 1.03 bits per heavy atom. The molecule has 1 amide bonds. The van der Waals surface area contributed by atoms with Crippen LogP contribution in [0.5, 0.6) is 0 Å². The topological polar surface area (TPSA) is 66.5 Å². The molecule has 162 valence electrons. The van der Waals surface area contributed by atoms with E-state index in [2.05, 4.69) is 54.2 Å². The number of nitrogens with one attached hydrogen (secondary N) is 1. The quantitative estimate of drug-likeness (QED) is 0.660. The first kappa shape index (κ1) is 23.0. The van der Waals surface area contributed by atoms with Crippen LogP contribution in [0.3, 0.4) is 0 Å². The summed E-state index contributed by atoms with van der Waals surface area (Å²) in [5.41, 5.74) is 4.75. The maximum atomic E-state index is 12.8. The van der Waals surface area contributed by atoms with E-state index >= 15 is 0 Å². The van der Waals surface area contributed by atoms with Crippen molar-refractivity contribution in [3.8, 4) is 0 Å². The third-order valence-electron chi connectivity index (χ3n) is 5.98. The van der Waals surface area contributed by atoms with Crippen LogP contribution in [0, 0.1) is 26.7 Å². The number of benzene rings is 2. The van der Waals surface area contributed by atoms with Crippen molar-refractivity contribution < 1.29 is 13.2 Å². The molecular weight excluding hydrogens is 464 g/mol. The Balaban J connectivity index is 1.61. The van der Waals surface area contributed by atoms with Gasteiger partial charge in [-0.05, 0) is 87.1 Å². The van der Waals surface area contributed by atoms with E-state index in [9.17, 15) is 13.2 Å². The zero-order valence-electron chi connectivity index (χ0n) is 17.9. The number of nitrogens with zero attached hydrogens (tertiary/aromatic N) is 1. The van der Waals surface area contributed by atoms with Gasteiger partial charge in [0.2, 0.25) is 15.9 Å². The normalized spacial score (nSPS) is 17.0. The maximum Gasteiger partial charge on any atom is 0.243 e. The highest BCUT2D eigenvalue weighted by Crippen LogP contribution is 2.27. The SMILES string of the molecule is Cc1cc(C)c([C@@H](C)NC(=O)C2CCN(S(=O)(=O)c3ccc(Br)cc3)CC2)cc1C. The molecule has 7 heteroatoms. The number of amides is 1. The average Bonchev–Trinajstić information content (AvgIpc) is 2.71. The van der Waals surface area contributed by atoms with Crippen LogP contribution in [0.1, 0.15) is 48.1 Å². The van der Waals surface area contributed by atoms with Gasteiger partial charge in [-0.25, -0.2) is 8.42 Å². The van der Waals surface area contributed by atoms with E-state index in [1.165, 1.54) is 21.0 Å². The highest BCUT2D eigenvalue weighted by molar-refractivity contribution is 9.10. The zero-order chi connectivity index (χ0) is 22.1. The van der Waals surface area contributed by atoms with Crippen LogP contribution in [0.15, 0.2) is 45.8 Å². The highest BCUT2D eigenvalue weighted by Gasteiger charge is 2.32. The van der Waals surface area contributed by atoms with Gasteiger partial charge in [0.25, 0.3) is 0 Å². The molecule has 5 nitrogen and oxygen atoms in total. The molecule has 30 heavy (non-hydrogen) atoms. The fourth-order valence-electron chi connectivity index (χ4n) is 3.97. The molecular formula is C23H29BrN2O3S.